The predicted molar refractivity (Wildman–Crippen MR) is 79.2 cm³/mol. The zero-order valence-corrected chi connectivity index (χ0v) is 12.0. The first-order chi connectivity index (χ1) is 9.52. The zero-order valence-electron chi connectivity index (χ0n) is 12.0. The summed E-state index contributed by atoms with van der Waals surface area (Å²) in [4.78, 5) is 21.6. The van der Waals surface area contributed by atoms with Crippen LogP contribution in [-0.2, 0) is 0 Å². The summed E-state index contributed by atoms with van der Waals surface area (Å²) in [5, 5.41) is 9.90. The summed E-state index contributed by atoms with van der Waals surface area (Å²) in [6.45, 7) is 5.27. The molecular formula is C15H19N3O2. The van der Waals surface area contributed by atoms with E-state index in [0.29, 0.717) is 11.4 Å². The molecule has 0 aliphatic heterocycles. The zero-order chi connectivity index (χ0) is 14.7. The van der Waals surface area contributed by atoms with Gasteiger partial charge in [-0.25, -0.2) is 14.8 Å². The molecule has 1 heterocycles. The van der Waals surface area contributed by atoms with E-state index in [2.05, 4.69) is 28.7 Å². The lowest BCUT2D eigenvalue weighted by Crippen LogP contribution is -2.24. The van der Waals surface area contributed by atoms with E-state index in [1.54, 1.807) is 18.2 Å². The molecule has 0 saturated heterocycles. The van der Waals surface area contributed by atoms with Crippen molar-refractivity contribution in [2.75, 3.05) is 18.5 Å². The molecule has 1 N–H and O–H groups in total. The van der Waals surface area contributed by atoms with Crippen molar-refractivity contribution in [1.29, 1.82) is 0 Å². The minimum absolute atomic E-state index is 0.242. The number of hydrogen-bond donors (Lipinski definition) is 1. The van der Waals surface area contributed by atoms with Gasteiger partial charge in [0.25, 0.3) is 0 Å². The number of carboxylic acid groups (broad SMARTS) is 1. The molecule has 0 amide bonds. The number of carboxylic acids is 1. The Kier molecular flexibility index (Phi) is 4.17. The van der Waals surface area contributed by atoms with Gasteiger partial charge < -0.3 is 10.0 Å². The molecule has 1 atom stereocenters. The van der Waals surface area contributed by atoms with Gasteiger partial charge in [-0.05, 0) is 24.1 Å². The number of hydrogen-bond acceptors (Lipinski definition) is 4. The second-order valence-corrected chi connectivity index (χ2v) is 5.13. The van der Waals surface area contributed by atoms with Gasteiger partial charge >= 0.3 is 5.97 Å². The highest BCUT2D eigenvalue weighted by Gasteiger charge is 2.12. The summed E-state index contributed by atoms with van der Waals surface area (Å²) in [5.41, 5.74) is 0.901. The Morgan fingerprint density at radius 2 is 2.15 bits per heavy atom. The van der Waals surface area contributed by atoms with Gasteiger partial charge in [0.2, 0.25) is 0 Å². The lowest BCUT2D eigenvalue weighted by Gasteiger charge is -2.22. The molecule has 0 aliphatic rings. The van der Waals surface area contributed by atoms with Crippen LogP contribution in [0.4, 0.5) is 5.82 Å². The Bertz CT molecular complexity index is 628. The molecule has 0 bridgehead atoms. The van der Waals surface area contributed by atoms with Gasteiger partial charge in [0.05, 0.1) is 11.1 Å². The maximum Gasteiger partial charge on any atom is 0.335 e. The van der Waals surface area contributed by atoms with Crippen molar-refractivity contribution in [3.05, 3.63) is 30.1 Å². The average molecular weight is 273 g/mol. The van der Waals surface area contributed by atoms with Crippen LogP contribution < -0.4 is 4.90 Å². The third-order valence-corrected chi connectivity index (χ3v) is 3.51. The smallest absolute Gasteiger partial charge is 0.335 e. The number of nitrogens with zero attached hydrogens (tertiary/aromatic N) is 3. The molecule has 106 valence electrons. The molecule has 2 rings (SSSR count). The van der Waals surface area contributed by atoms with Crippen molar-refractivity contribution < 1.29 is 9.90 Å². The quantitative estimate of drug-likeness (QED) is 0.907. The number of anilines is 1. The lowest BCUT2D eigenvalue weighted by molar-refractivity contribution is 0.0697. The fourth-order valence-electron chi connectivity index (χ4n) is 2.16. The normalized spacial score (nSPS) is 12.3. The molecule has 5 heteroatoms. The van der Waals surface area contributed by atoms with Crippen LogP contribution in [0.2, 0.25) is 0 Å². The van der Waals surface area contributed by atoms with Gasteiger partial charge in [-0.1, -0.05) is 20.3 Å². The van der Waals surface area contributed by atoms with E-state index >= 15 is 0 Å². The summed E-state index contributed by atoms with van der Waals surface area (Å²) in [5.74, 6) is 0.468. The van der Waals surface area contributed by atoms with Crippen LogP contribution in [0, 0.1) is 5.92 Å². The molecule has 0 spiro atoms. The second kappa shape index (κ2) is 5.86. The van der Waals surface area contributed by atoms with Crippen LogP contribution in [0.1, 0.15) is 30.6 Å². The first kappa shape index (κ1) is 14.2. The third kappa shape index (κ3) is 2.87. The van der Waals surface area contributed by atoms with Crippen LogP contribution in [-0.4, -0.2) is 34.6 Å². The molecule has 1 unspecified atom stereocenters. The highest BCUT2D eigenvalue weighted by Crippen LogP contribution is 2.23. The molecule has 1 aromatic carbocycles. The van der Waals surface area contributed by atoms with E-state index in [-0.39, 0.29) is 5.56 Å². The number of carbonyl (C=O) groups is 1. The van der Waals surface area contributed by atoms with Crippen LogP contribution >= 0.6 is 0 Å². The monoisotopic (exact) mass is 273 g/mol. The Balaban J connectivity index is 2.42. The molecule has 0 aliphatic carbocycles. The van der Waals surface area contributed by atoms with Crippen molar-refractivity contribution in [1.82, 2.24) is 9.97 Å². The maximum absolute atomic E-state index is 11.0. The number of aromatic nitrogens is 2. The minimum atomic E-state index is -0.944. The standard InChI is InChI=1S/C15H19N3O2/c1-4-10(2)8-18(3)14-12-6-5-11(15(19)20)7-13(12)16-9-17-14/h5-7,9-10H,4,8H2,1-3H3,(H,19,20). The topological polar surface area (TPSA) is 66.3 Å². The highest BCUT2D eigenvalue weighted by molar-refractivity contribution is 5.96. The van der Waals surface area contributed by atoms with Gasteiger partial charge in [-0.3, -0.25) is 0 Å². The summed E-state index contributed by atoms with van der Waals surface area (Å²) >= 11 is 0. The van der Waals surface area contributed by atoms with Crippen LogP contribution in [0.25, 0.3) is 10.9 Å². The largest absolute Gasteiger partial charge is 0.478 e. The first-order valence-corrected chi connectivity index (χ1v) is 6.72. The van der Waals surface area contributed by atoms with Gasteiger partial charge in [0.15, 0.2) is 0 Å². The Labute approximate surface area is 118 Å². The third-order valence-electron chi connectivity index (χ3n) is 3.51. The summed E-state index contributed by atoms with van der Waals surface area (Å²) in [6, 6.07) is 4.95. The van der Waals surface area contributed by atoms with E-state index in [4.69, 9.17) is 5.11 Å². The SMILES string of the molecule is CCC(C)CN(C)c1ncnc2cc(C(=O)O)ccc12. The van der Waals surface area contributed by atoms with E-state index in [0.717, 1.165) is 24.2 Å². The van der Waals surface area contributed by atoms with Gasteiger partial charge in [-0.2, -0.15) is 0 Å². The number of benzene rings is 1. The molecule has 1 aromatic heterocycles. The maximum atomic E-state index is 11.0. The predicted octanol–water partition coefficient (Wildman–Crippen LogP) is 2.81. The lowest BCUT2D eigenvalue weighted by atomic mass is 10.1. The van der Waals surface area contributed by atoms with E-state index < -0.39 is 5.97 Å². The van der Waals surface area contributed by atoms with Gasteiger partial charge in [-0.15, -0.1) is 0 Å². The molecular weight excluding hydrogens is 254 g/mol. The number of aromatic carboxylic acids is 1. The highest BCUT2D eigenvalue weighted by atomic mass is 16.4. The Morgan fingerprint density at radius 1 is 1.40 bits per heavy atom. The molecule has 5 nitrogen and oxygen atoms in total. The van der Waals surface area contributed by atoms with Crippen molar-refractivity contribution in [3.63, 3.8) is 0 Å². The van der Waals surface area contributed by atoms with Crippen LogP contribution in [0.15, 0.2) is 24.5 Å². The molecule has 2 aromatic rings. The molecule has 0 radical (unpaired) electrons. The molecule has 0 fully saturated rings. The van der Waals surface area contributed by atoms with Crippen LogP contribution in [0.3, 0.4) is 0 Å². The van der Waals surface area contributed by atoms with E-state index in [9.17, 15) is 4.79 Å². The van der Waals surface area contributed by atoms with Crippen molar-refractivity contribution in [2.24, 2.45) is 5.92 Å². The van der Waals surface area contributed by atoms with Crippen molar-refractivity contribution >= 4 is 22.7 Å². The summed E-state index contributed by atoms with van der Waals surface area (Å²) in [6.07, 6.45) is 2.59. The molecule has 20 heavy (non-hydrogen) atoms. The minimum Gasteiger partial charge on any atom is -0.478 e. The van der Waals surface area contributed by atoms with Gasteiger partial charge in [0, 0.05) is 19.0 Å². The summed E-state index contributed by atoms with van der Waals surface area (Å²) in [7, 11) is 2.00. The van der Waals surface area contributed by atoms with Crippen molar-refractivity contribution in [2.45, 2.75) is 20.3 Å². The summed E-state index contributed by atoms with van der Waals surface area (Å²) < 4.78 is 0. The fourth-order valence-corrected chi connectivity index (χ4v) is 2.16. The second-order valence-electron chi connectivity index (χ2n) is 5.13. The fraction of sp³-hybridized carbons (Fsp3) is 0.400. The van der Waals surface area contributed by atoms with E-state index in [1.165, 1.54) is 6.33 Å². The Morgan fingerprint density at radius 3 is 2.80 bits per heavy atom. The first-order valence-electron chi connectivity index (χ1n) is 6.72. The van der Waals surface area contributed by atoms with Gasteiger partial charge in [0.1, 0.15) is 12.1 Å². The molecule has 0 saturated carbocycles. The van der Waals surface area contributed by atoms with E-state index in [1.807, 2.05) is 7.05 Å². The van der Waals surface area contributed by atoms with Crippen molar-refractivity contribution in [3.8, 4) is 0 Å². The Hall–Kier alpha value is -2.17. The average Bonchev–Trinajstić information content (AvgIpc) is 2.45. The van der Waals surface area contributed by atoms with Crippen LogP contribution in [0.5, 0.6) is 0 Å². The number of rotatable bonds is 5. The number of fused-ring (bicyclic) bond motifs is 1.